The molecule has 3 aromatic rings. The van der Waals surface area contributed by atoms with Gasteiger partial charge in [-0.15, -0.1) is 0 Å². The molecule has 122 valence electrons. The molecule has 0 aliphatic heterocycles. The molecule has 3 rings (SSSR count). The molecule has 0 aliphatic carbocycles. The molecule has 0 amide bonds. The third kappa shape index (κ3) is 3.38. The van der Waals surface area contributed by atoms with Gasteiger partial charge in [0, 0.05) is 11.8 Å². The van der Waals surface area contributed by atoms with Crippen molar-refractivity contribution in [2.45, 2.75) is 26.9 Å². The van der Waals surface area contributed by atoms with Crippen LogP contribution in [0.3, 0.4) is 0 Å². The van der Waals surface area contributed by atoms with Crippen LogP contribution in [0.2, 0.25) is 0 Å². The van der Waals surface area contributed by atoms with Crippen molar-refractivity contribution in [3.63, 3.8) is 0 Å². The largest absolute Gasteiger partial charge is 0.459 e. The number of nitrogens with zero attached hydrogens (tertiary/aromatic N) is 2. The second kappa shape index (κ2) is 6.71. The number of carbonyl (C=O) groups excluding carboxylic acids is 1. The van der Waals surface area contributed by atoms with Gasteiger partial charge in [0.15, 0.2) is 0 Å². The van der Waals surface area contributed by atoms with Crippen LogP contribution in [0.4, 0.5) is 0 Å². The number of aromatic nitrogens is 2. The third-order valence-electron chi connectivity index (χ3n) is 3.62. The van der Waals surface area contributed by atoms with Crippen LogP contribution in [0, 0.1) is 6.92 Å². The lowest BCUT2D eigenvalue weighted by Crippen LogP contribution is -2.11. The first kappa shape index (κ1) is 16.0. The molecule has 4 heteroatoms. The number of hydrogen-bond acceptors (Lipinski definition) is 3. The molecule has 24 heavy (non-hydrogen) atoms. The van der Waals surface area contributed by atoms with Crippen molar-refractivity contribution in [3.05, 3.63) is 71.9 Å². The van der Waals surface area contributed by atoms with Crippen molar-refractivity contribution in [1.29, 1.82) is 0 Å². The number of benzene rings is 2. The Hall–Kier alpha value is -2.88. The van der Waals surface area contributed by atoms with Gasteiger partial charge in [-0.3, -0.25) is 0 Å². The summed E-state index contributed by atoms with van der Waals surface area (Å²) in [5.74, 6) is -0.359. The van der Waals surface area contributed by atoms with Crippen LogP contribution in [0.5, 0.6) is 0 Å². The summed E-state index contributed by atoms with van der Waals surface area (Å²) < 4.78 is 7.10. The quantitative estimate of drug-likeness (QED) is 0.669. The van der Waals surface area contributed by atoms with Crippen LogP contribution in [0.1, 0.15) is 29.8 Å². The Labute approximate surface area is 141 Å². The zero-order valence-electron chi connectivity index (χ0n) is 14.1. The Morgan fingerprint density at radius 1 is 1.04 bits per heavy atom. The van der Waals surface area contributed by atoms with Crippen molar-refractivity contribution in [3.8, 4) is 16.9 Å². The lowest BCUT2D eigenvalue weighted by atomic mass is 10.1. The van der Waals surface area contributed by atoms with Gasteiger partial charge in [-0.1, -0.05) is 48.0 Å². The summed E-state index contributed by atoms with van der Waals surface area (Å²) in [6, 6.07) is 17.7. The Bertz CT molecular complexity index is 834. The van der Waals surface area contributed by atoms with Crippen molar-refractivity contribution < 1.29 is 9.53 Å². The predicted molar refractivity (Wildman–Crippen MR) is 94.3 cm³/mol. The van der Waals surface area contributed by atoms with E-state index < -0.39 is 0 Å². The molecule has 0 atom stereocenters. The van der Waals surface area contributed by atoms with Gasteiger partial charge in [0.05, 0.1) is 11.8 Å². The van der Waals surface area contributed by atoms with E-state index in [9.17, 15) is 4.79 Å². The summed E-state index contributed by atoms with van der Waals surface area (Å²) in [6.45, 7) is 5.71. The summed E-state index contributed by atoms with van der Waals surface area (Å²) in [6.07, 6.45) is 1.56. The van der Waals surface area contributed by atoms with Crippen molar-refractivity contribution in [2.75, 3.05) is 0 Å². The first-order valence-electron chi connectivity index (χ1n) is 7.97. The average molecular weight is 320 g/mol. The standard InChI is InChI=1S/C20H20N2O2/c1-14(2)24-20(23)18-13-22(17-11-9-15(3)10-12-17)21-19(18)16-7-5-4-6-8-16/h4-14H,1-3H3. The highest BCUT2D eigenvalue weighted by molar-refractivity contribution is 5.96. The molecule has 0 unspecified atom stereocenters. The Morgan fingerprint density at radius 2 is 1.71 bits per heavy atom. The Morgan fingerprint density at radius 3 is 2.33 bits per heavy atom. The molecule has 0 fully saturated rings. The minimum atomic E-state index is -0.359. The molecular formula is C20H20N2O2. The van der Waals surface area contributed by atoms with Gasteiger partial charge in [0.1, 0.15) is 11.3 Å². The normalized spacial score (nSPS) is 10.8. The van der Waals surface area contributed by atoms with E-state index in [1.165, 1.54) is 5.56 Å². The molecule has 0 bridgehead atoms. The second-order valence-electron chi connectivity index (χ2n) is 5.99. The van der Waals surface area contributed by atoms with Gasteiger partial charge in [0.2, 0.25) is 0 Å². The van der Waals surface area contributed by atoms with E-state index in [1.54, 1.807) is 10.9 Å². The highest BCUT2D eigenvalue weighted by atomic mass is 16.5. The first-order chi connectivity index (χ1) is 11.5. The number of carbonyl (C=O) groups is 1. The van der Waals surface area contributed by atoms with Crippen LogP contribution < -0.4 is 0 Å². The molecule has 2 aromatic carbocycles. The summed E-state index contributed by atoms with van der Waals surface area (Å²) in [5.41, 5.74) is 4.06. The van der Waals surface area contributed by atoms with Gasteiger partial charge in [-0.2, -0.15) is 5.10 Å². The van der Waals surface area contributed by atoms with Gasteiger partial charge in [0.25, 0.3) is 0 Å². The van der Waals surface area contributed by atoms with E-state index in [-0.39, 0.29) is 12.1 Å². The minimum Gasteiger partial charge on any atom is -0.459 e. The average Bonchev–Trinajstić information content (AvgIpc) is 3.01. The van der Waals surface area contributed by atoms with Crippen LogP contribution in [-0.4, -0.2) is 21.9 Å². The van der Waals surface area contributed by atoms with E-state index in [4.69, 9.17) is 4.74 Å². The Kier molecular flexibility index (Phi) is 4.47. The lowest BCUT2D eigenvalue weighted by Gasteiger charge is -2.07. The molecule has 1 aromatic heterocycles. The fourth-order valence-corrected chi connectivity index (χ4v) is 2.44. The topological polar surface area (TPSA) is 44.1 Å². The maximum atomic E-state index is 12.5. The maximum Gasteiger partial charge on any atom is 0.342 e. The van der Waals surface area contributed by atoms with Gasteiger partial charge in [-0.25, -0.2) is 9.48 Å². The van der Waals surface area contributed by atoms with Crippen molar-refractivity contribution in [2.24, 2.45) is 0 Å². The molecular weight excluding hydrogens is 300 g/mol. The Balaban J connectivity index is 2.08. The second-order valence-corrected chi connectivity index (χ2v) is 5.99. The van der Waals surface area contributed by atoms with E-state index in [0.717, 1.165) is 11.3 Å². The maximum absolute atomic E-state index is 12.5. The number of aryl methyl sites for hydroxylation is 1. The monoisotopic (exact) mass is 320 g/mol. The SMILES string of the molecule is Cc1ccc(-n2cc(C(=O)OC(C)C)c(-c3ccccc3)n2)cc1. The number of rotatable bonds is 4. The van der Waals surface area contributed by atoms with Crippen molar-refractivity contribution >= 4 is 5.97 Å². The van der Waals surface area contributed by atoms with E-state index in [2.05, 4.69) is 5.10 Å². The zero-order chi connectivity index (χ0) is 17.1. The molecule has 1 heterocycles. The van der Waals surface area contributed by atoms with Crippen LogP contribution in [0.25, 0.3) is 16.9 Å². The molecule has 0 radical (unpaired) electrons. The number of hydrogen-bond donors (Lipinski definition) is 0. The lowest BCUT2D eigenvalue weighted by molar-refractivity contribution is 0.0379. The first-order valence-corrected chi connectivity index (χ1v) is 7.97. The fraction of sp³-hybridized carbons (Fsp3) is 0.200. The highest BCUT2D eigenvalue weighted by Gasteiger charge is 2.20. The summed E-state index contributed by atoms with van der Waals surface area (Å²) >= 11 is 0. The molecule has 0 saturated heterocycles. The fourth-order valence-electron chi connectivity index (χ4n) is 2.44. The summed E-state index contributed by atoms with van der Waals surface area (Å²) in [5, 5.41) is 4.62. The summed E-state index contributed by atoms with van der Waals surface area (Å²) in [4.78, 5) is 12.5. The van der Waals surface area contributed by atoms with Gasteiger partial charge >= 0.3 is 5.97 Å². The van der Waals surface area contributed by atoms with Gasteiger partial charge < -0.3 is 4.74 Å². The van der Waals surface area contributed by atoms with Crippen LogP contribution in [0.15, 0.2) is 60.8 Å². The van der Waals surface area contributed by atoms with Gasteiger partial charge in [-0.05, 0) is 32.9 Å². The number of ether oxygens (including phenoxy) is 1. The van der Waals surface area contributed by atoms with Crippen LogP contribution >= 0.6 is 0 Å². The van der Waals surface area contributed by atoms with Crippen molar-refractivity contribution in [1.82, 2.24) is 9.78 Å². The van der Waals surface area contributed by atoms with E-state index in [1.807, 2.05) is 75.4 Å². The predicted octanol–water partition coefficient (Wildman–Crippen LogP) is 4.41. The smallest absolute Gasteiger partial charge is 0.342 e. The molecule has 0 spiro atoms. The highest BCUT2D eigenvalue weighted by Crippen LogP contribution is 2.24. The minimum absolute atomic E-state index is 0.177. The van der Waals surface area contributed by atoms with E-state index in [0.29, 0.717) is 11.3 Å². The molecule has 0 aliphatic rings. The summed E-state index contributed by atoms with van der Waals surface area (Å²) in [7, 11) is 0. The molecule has 4 nitrogen and oxygen atoms in total. The third-order valence-corrected chi connectivity index (χ3v) is 3.62. The molecule has 0 N–H and O–H groups in total. The van der Waals surface area contributed by atoms with Crippen LogP contribution in [-0.2, 0) is 4.74 Å². The number of esters is 1. The van der Waals surface area contributed by atoms with E-state index >= 15 is 0 Å². The molecule has 0 saturated carbocycles. The zero-order valence-corrected chi connectivity index (χ0v) is 14.1.